The second-order valence-corrected chi connectivity index (χ2v) is 4.89. The van der Waals surface area contributed by atoms with Crippen molar-refractivity contribution in [2.45, 2.75) is 45.3 Å². The van der Waals surface area contributed by atoms with Crippen molar-refractivity contribution in [2.24, 2.45) is 5.92 Å². The van der Waals surface area contributed by atoms with E-state index >= 15 is 0 Å². The average molecular weight is 200 g/mol. The predicted molar refractivity (Wildman–Crippen MR) is 50.0 cm³/mol. The Morgan fingerprint density at radius 3 is 2.07 bits per heavy atom. The van der Waals surface area contributed by atoms with E-state index in [0.717, 1.165) is 0 Å². The van der Waals surface area contributed by atoms with Crippen LogP contribution in [0.2, 0.25) is 0 Å². The molecule has 1 aliphatic heterocycles. The van der Waals surface area contributed by atoms with Crippen LogP contribution in [0.3, 0.4) is 0 Å². The molecule has 0 aromatic rings. The molecule has 1 rings (SSSR count). The highest BCUT2D eigenvalue weighted by molar-refractivity contribution is 6.33. The number of carboxylic acids is 1. The number of rotatable bonds is 2. The summed E-state index contributed by atoms with van der Waals surface area (Å²) in [6.07, 6.45) is 0.463. The molecule has 0 spiro atoms. The van der Waals surface area contributed by atoms with Crippen LogP contribution in [-0.4, -0.2) is 28.1 Å². The molecular weight excluding hydrogens is 184 g/mol. The summed E-state index contributed by atoms with van der Waals surface area (Å²) in [5, 5.41) is 8.64. The minimum Gasteiger partial charge on any atom is -0.475 e. The molecule has 1 heterocycles. The predicted octanol–water partition coefficient (Wildman–Crippen LogP) is 1.23. The Balaban J connectivity index is 2.91. The number of hydrogen-bond acceptors (Lipinski definition) is 3. The molecule has 0 bridgehead atoms. The fourth-order valence-corrected chi connectivity index (χ4v) is 2.12. The average Bonchev–Trinajstić information content (AvgIpc) is 2.17. The molecule has 0 aromatic carbocycles. The second-order valence-electron chi connectivity index (χ2n) is 4.89. The molecule has 0 amide bonds. The Kier molecular flexibility index (Phi) is 2.44. The second kappa shape index (κ2) is 3.05. The van der Waals surface area contributed by atoms with Gasteiger partial charge in [0.1, 0.15) is 0 Å². The molecule has 4 heteroatoms. The number of carbonyl (C=O) groups is 2. The molecule has 1 atom stereocenters. The summed E-state index contributed by atoms with van der Waals surface area (Å²) in [7, 11) is 0. The Bertz CT molecular complexity index is 278. The van der Waals surface area contributed by atoms with E-state index in [0.29, 0.717) is 6.42 Å². The maximum absolute atomic E-state index is 11.4. The van der Waals surface area contributed by atoms with Crippen LogP contribution in [0.1, 0.15) is 34.1 Å². The van der Waals surface area contributed by atoms with E-state index in [9.17, 15) is 9.59 Å². The quantitative estimate of drug-likeness (QED) is 0.681. The zero-order chi connectivity index (χ0) is 11.1. The fourth-order valence-electron chi connectivity index (χ4n) is 2.12. The standard InChI is InChI=1S/C10H16O4/c1-9(2)5-6(7(11)8(12)13)10(3,4)14-9/h6H,5H2,1-4H3,(H,12,13). The number of carbonyl (C=O) groups excluding carboxylic acids is 1. The van der Waals surface area contributed by atoms with Crippen molar-refractivity contribution >= 4 is 11.8 Å². The summed E-state index contributed by atoms with van der Waals surface area (Å²) in [4.78, 5) is 21.9. The third kappa shape index (κ3) is 1.95. The number of ether oxygens (including phenoxy) is 1. The van der Waals surface area contributed by atoms with Crippen molar-refractivity contribution in [1.29, 1.82) is 0 Å². The van der Waals surface area contributed by atoms with Crippen LogP contribution in [0, 0.1) is 5.92 Å². The van der Waals surface area contributed by atoms with Crippen LogP contribution in [0.5, 0.6) is 0 Å². The molecule has 0 saturated carbocycles. The third-order valence-corrected chi connectivity index (χ3v) is 2.60. The highest BCUT2D eigenvalue weighted by atomic mass is 16.5. The molecule has 1 aliphatic rings. The smallest absolute Gasteiger partial charge is 0.372 e. The van der Waals surface area contributed by atoms with Gasteiger partial charge in [0, 0.05) is 0 Å². The normalized spacial score (nSPS) is 28.7. The van der Waals surface area contributed by atoms with E-state index in [1.165, 1.54) is 0 Å². The largest absolute Gasteiger partial charge is 0.475 e. The zero-order valence-electron chi connectivity index (χ0n) is 8.96. The summed E-state index contributed by atoms with van der Waals surface area (Å²) < 4.78 is 5.64. The molecule has 1 fully saturated rings. The van der Waals surface area contributed by atoms with Gasteiger partial charge in [-0.2, -0.15) is 0 Å². The molecule has 0 radical (unpaired) electrons. The molecule has 14 heavy (non-hydrogen) atoms. The molecule has 4 nitrogen and oxygen atoms in total. The summed E-state index contributed by atoms with van der Waals surface area (Å²) in [6, 6.07) is 0. The van der Waals surface area contributed by atoms with Gasteiger partial charge in [-0.3, -0.25) is 4.79 Å². The Morgan fingerprint density at radius 2 is 1.79 bits per heavy atom. The fraction of sp³-hybridized carbons (Fsp3) is 0.800. The van der Waals surface area contributed by atoms with Crippen LogP contribution in [0.4, 0.5) is 0 Å². The number of Topliss-reactive ketones (excluding diaryl/α,β-unsaturated/α-hetero) is 1. The van der Waals surface area contributed by atoms with Crippen molar-refractivity contribution in [2.75, 3.05) is 0 Å². The first-order valence-electron chi connectivity index (χ1n) is 4.63. The van der Waals surface area contributed by atoms with Gasteiger partial charge >= 0.3 is 5.97 Å². The monoisotopic (exact) mass is 200 g/mol. The first-order valence-corrected chi connectivity index (χ1v) is 4.63. The van der Waals surface area contributed by atoms with Crippen molar-refractivity contribution < 1.29 is 19.4 Å². The van der Waals surface area contributed by atoms with Crippen molar-refractivity contribution in [3.63, 3.8) is 0 Å². The summed E-state index contributed by atoms with van der Waals surface area (Å²) in [5.74, 6) is -2.67. The lowest BCUT2D eigenvalue weighted by Gasteiger charge is -2.25. The summed E-state index contributed by atoms with van der Waals surface area (Å²) in [6.45, 7) is 7.24. The zero-order valence-corrected chi connectivity index (χ0v) is 8.96. The summed E-state index contributed by atoms with van der Waals surface area (Å²) >= 11 is 0. The van der Waals surface area contributed by atoms with Gasteiger partial charge in [-0.25, -0.2) is 4.79 Å². The molecule has 1 unspecified atom stereocenters. The van der Waals surface area contributed by atoms with Gasteiger partial charge in [-0.1, -0.05) is 0 Å². The number of ketones is 1. The van der Waals surface area contributed by atoms with Gasteiger partial charge in [0.15, 0.2) is 0 Å². The van der Waals surface area contributed by atoms with Crippen LogP contribution < -0.4 is 0 Å². The summed E-state index contributed by atoms with van der Waals surface area (Å²) in [5.41, 5.74) is -1.10. The van der Waals surface area contributed by atoms with Crippen molar-refractivity contribution in [1.82, 2.24) is 0 Å². The van der Waals surface area contributed by atoms with Gasteiger partial charge < -0.3 is 9.84 Å². The Hall–Kier alpha value is -0.900. The molecule has 0 aliphatic carbocycles. The van der Waals surface area contributed by atoms with E-state index < -0.39 is 28.9 Å². The van der Waals surface area contributed by atoms with Gasteiger partial charge in [0.25, 0.3) is 0 Å². The molecular formula is C10H16O4. The maximum Gasteiger partial charge on any atom is 0.372 e. The number of aliphatic carboxylic acids is 1. The van der Waals surface area contributed by atoms with E-state index in [4.69, 9.17) is 9.84 Å². The van der Waals surface area contributed by atoms with Crippen LogP contribution in [-0.2, 0) is 14.3 Å². The first kappa shape index (κ1) is 11.2. The topological polar surface area (TPSA) is 63.6 Å². The molecule has 80 valence electrons. The van der Waals surface area contributed by atoms with Gasteiger partial charge in [-0.05, 0) is 34.1 Å². The molecule has 1 N–H and O–H groups in total. The van der Waals surface area contributed by atoms with Gasteiger partial charge in [-0.15, -0.1) is 0 Å². The third-order valence-electron chi connectivity index (χ3n) is 2.60. The van der Waals surface area contributed by atoms with E-state index in [1.54, 1.807) is 13.8 Å². The lowest BCUT2D eigenvalue weighted by atomic mass is 9.84. The molecule has 0 aromatic heterocycles. The highest BCUT2D eigenvalue weighted by Gasteiger charge is 2.50. The van der Waals surface area contributed by atoms with Crippen LogP contribution >= 0.6 is 0 Å². The minimum absolute atomic E-state index is 0.417. The molecule has 1 saturated heterocycles. The maximum atomic E-state index is 11.4. The Morgan fingerprint density at radius 1 is 1.29 bits per heavy atom. The number of hydrogen-bond donors (Lipinski definition) is 1. The van der Waals surface area contributed by atoms with E-state index in [1.807, 2.05) is 13.8 Å². The highest BCUT2D eigenvalue weighted by Crippen LogP contribution is 2.42. The lowest BCUT2D eigenvalue weighted by molar-refractivity contribution is -0.154. The lowest BCUT2D eigenvalue weighted by Crippen LogP contribution is -2.37. The number of carboxylic acid groups (broad SMARTS) is 1. The van der Waals surface area contributed by atoms with Crippen LogP contribution in [0.25, 0.3) is 0 Å². The first-order chi connectivity index (χ1) is 6.16. The van der Waals surface area contributed by atoms with Crippen molar-refractivity contribution in [3.8, 4) is 0 Å². The van der Waals surface area contributed by atoms with Gasteiger partial charge in [0.05, 0.1) is 17.1 Å². The Labute approximate surface area is 83.2 Å². The van der Waals surface area contributed by atoms with Gasteiger partial charge in [0.2, 0.25) is 5.78 Å². The minimum atomic E-state index is -1.37. The van der Waals surface area contributed by atoms with Crippen molar-refractivity contribution in [3.05, 3.63) is 0 Å². The van der Waals surface area contributed by atoms with Crippen LogP contribution in [0.15, 0.2) is 0 Å². The SMILES string of the molecule is CC1(C)CC(C(=O)C(=O)O)C(C)(C)O1. The van der Waals surface area contributed by atoms with E-state index in [2.05, 4.69) is 0 Å². The van der Waals surface area contributed by atoms with E-state index in [-0.39, 0.29) is 0 Å².